The van der Waals surface area contributed by atoms with Crippen LogP contribution in [0.3, 0.4) is 0 Å². The summed E-state index contributed by atoms with van der Waals surface area (Å²) < 4.78 is 0. The first-order valence-corrected chi connectivity index (χ1v) is 5.79. The zero-order valence-electron chi connectivity index (χ0n) is 9.62. The number of hydrogen-bond acceptors (Lipinski definition) is 2. The lowest BCUT2D eigenvalue weighted by atomic mass is 9.70. The number of rotatable bonds is 4. The van der Waals surface area contributed by atoms with E-state index in [0.717, 1.165) is 38.4 Å². The van der Waals surface area contributed by atoms with Crippen LogP contribution >= 0.6 is 0 Å². The van der Waals surface area contributed by atoms with Crippen LogP contribution < -0.4 is 0 Å². The van der Waals surface area contributed by atoms with Crippen LogP contribution in [0.1, 0.15) is 46.0 Å². The third-order valence-corrected chi connectivity index (χ3v) is 3.76. The van der Waals surface area contributed by atoms with E-state index in [-0.39, 0.29) is 11.3 Å². The molecule has 1 rings (SSSR count). The van der Waals surface area contributed by atoms with E-state index in [1.165, 1.54) is 5.57 Å². The van der Waals surface area contributed by atoms with Crippen molar-refractivity contribution in [3.05, 3.63) is 11.6 Å². The Morgan fingerprint density at radius 3 is 2.80 bits per heavy atom. The summed E-state index contributed by atoms with van der Waals surface area (Å²) in [6, 6.07) is 2.42. The molecule has 2 unspecified atom stereocenters. The van der Waals surface area contributed by atoms with Gasteiger partial charge < -0.3 is 0 Å². The Kier molecular flexibility index (Phi) is 4.08. The van der Waals surface area contributed by atoms with Gasteiger partial charge in [0.2, 0.25) is 0 Å². The van der Waals surface area contributed by atoms with Crippen LogP contribution in [0.5, 0.6) is 0 Å². The van der Waals surface area contributed by atoms with Crippen LogP contribution in [0.4, 0.5) is 0 Å². The molecular weight excluding hydrogens is 186 g/mol. The molecule has 1 saturated carbocycles. The van der Waals surface area contributed by atoms with Gasteiger partial charge >= 0.3 is 0 Å². The molecule has 0 bridgehead atoms. The molecule has 2 nitrogen and oxygen atoms in total. The average Bonchev–Trinajstić information content (AvgIpc) is 2.59. The Morgan fingerprint density at radius 1 is 1.60 bits per heavy atom. The number of nitrogens with zero attached hydrogens (tertiary/aromatic N) is 1. The number of nitriles is 1. The van der Waals surface area contributed by atoms with Crippen molar-refractivity contribution in [2.75, 3.05) is 0 Å². The van der Waals surface area contributed by atoms with Gasteiger partial charge in [0.1, 0.15) is 6.29 Å². The second-order valence-electron chi connectivity index (χ2n) is 4.31. The fraction of sp³-hybridized carbons (Fsp3) is 0.692. The number of hydrogen-bond donors (Lipinski definition) is 0. The first-order valence-electron chi connectivity index (χ1n) is 5.79. The van der Waals surface area contributed by atoms with Gasteiger partial charge in [-0.1, -0.05) is 25.8 Å². The van der Waals surface area contributed by atoms with Gasteiger partial charge in [-0.15, -0.1) is 0 Å². The van der Waals surface area contributed by atoms with Gasteiger partial charge in [-0.3, -0.25) is 4.79 Å². The Labute approximate surface area is 92.0 Å². The van der Waals surface area contributed by atoms with Gasteiger partial charge in [-0.25, -0.2) is 0 Å². The lowest BCUT2D eigenvalue weighted by molar-refractivity contribution is -0.104. The highest BCUT2D eigenvalue weighted by molar-refractivity contribution is 5.67. The molecule has 0 aromatic carbocycles. The van der Waals surface area contributed by atoms with E-state index in [1.807, 2.05) is 0 Å². The van der Waals surface area contributed by atoms with E-state index < -0.39 is 0 Å². The minimum atomic E-state index is -0.00951. The first kappa shape index (κ1) is 12.0. The van der Waals surface area contributed by atoms with Crippen LogP contribution in [-0.2, 0) is 4.79 Å². The van der Waals surface area contributed by atoms with Crippen molar-refractivity contribution in [1.82, 2.24) is 0 Å². The molecule has 2 heteroatoms. The highest BCUT2D eigenvalue weighted by Gasteiger charge is 2.44. The molecule has 0 aliphatic heterocycles. The zero-order chi connectivity index (χ0) is 11.3. The molecule has 0 saturated heterocycles. The second kappa shape index (κ2) is 5.11. The van der Waals surface area contributed by atoms with Crippen LogP contribution in [0, 0.1) is 22.7 Å². The van der Waals surface area contributed by atoms with Crippen LogP contribution in [0.25, 0.3) is 0 Å². The van der Waals surface area contributed by atoms with E-state index in [2.05, 4.69) is 19.9 Å². The molecule has 0 heterocycles. The summed E-state index contributed by atoms with van der Waals surface area (Å²) in [5.41, 5.74) is 1.19. The highest BCUT2D eigenvalue weighted by Crippen LogP contribution is 2.52. The van der Waals surface area contributed by atoms with Crippen molar-refractivity contribution < 1.29 is 4.79 Å². The predicted molar refractivity (Wildman–Crippen MR) is 60.1 cm³/mol. The summed E-state index contributed by atoms with van der Waals surface area (Å²) in [4.78, 5) is 10.6. The fourth-order valence-corrected chi connectivity index (χ4v) is 3.00. The Bertz CT molecular complexity index is 300. The second-order valence-corrected chi connectivity index (χ2v) is 4.31. The van der Waals surface area contributed by atoms with E-state index in [0.29, 0.717) is 0 Å². The molecule has 0 aromatic heterocycles. The van der Waals surface area contributed by atoms with E-state index >= 15 is 0 Å². The monoisotopic (exact) mass is 205 g/mol. The summed E-state index contributed by atoms with van der Waals surface area (Å²) in [5, 5.41) is 9.18. The molecule has 2 atom stereocenters. The summed E-state index contributed by atoms with van der Waals surface area (Å²) in [6.45, 7) is 4.27. The minimum absolute atomic E-state index is 0.00951. The third-order valence-electron chi connectivity index (χ3n) is 3.76. The van der Waals surface area contributed by atoms with E-state index in [1.54, 1.807) is 6.08 Å². The first-order chi connectivity index (χ1) is 7.25. The zero-order valence-corrected chi connectivity index (χ0v) is 9.62. The SMILES string of the molecule is CCCC1(CC)/C(=C\C=O)CCC1C#N. The van der Waals surface area contributed by atoms with Crippen LogP contribution in [0.15, 0.2) is 11.6 Å². The lowest BCUT2D eigenvalue weighted by Crippen LogP contribution is -2.25. The summed E-state index contributed by atoms with van der Waals surface area (Å²) in [6.07, 6.45) is 7.48. The van der Waals surface area contributed by atoms with Crippen molar-refractivity contribution in [2.45, 2.75) is 46.0 Å². The van der Waals surface area contributed by atoms with Gasteiger partial charge in [0.05, 0.1) is 12.0 Å². The van der Waals surface area contributed by atoms with E-state index in [4.69, 9.17) is 0 Å². The molecule has 1 fully saturated rings. The third kappa shape index (κ3) is 1.97. The molecule has 0 amide bonds. The van der Waals surface area contributed by atoms with Gasteiger partial charge in [0.15, 0.2) is 0 Å². The topological polar surface area (TPSA) is 40.9 Å². The quantitative estimate of drug-likeness (QED) is 0.522. The summed E-state index contributed by atoms with van der Waals surface area (Å²) in [5.74, 6) is 0.105. The molecule has 82 valence electrons. The van der Waals surface area contributed by atoms with Crippen LogP contribution in [-0.4, -0.2) is 6.29 Å². The van der Waals surface area contributed by atoms with Gasteiger partial charge in [0.25, 0.3) is 0 Å². The summed E-state index contributed by atoms with van der Waals surface area (Å²) in [7, 11) is 0. The standard InChI is InChI=1S/C13H19NO/c1-3-8-13(4-2)11(7-9-15)5-6-12(13)10-14/h7,9,12H,3-6,8H2,1-2H3/b11-7-. The lowest BCUT2D eigenvalue weighted by Gasteiger charge is -2.32. The van der Waals surface area contributed by atoms with Gasteiger partial charge in [-0.2, -0.15) is 5.26 Å². The smallest absolute Gasteiger partial charge is 0.142 e. The maximum atomic E-state index is 10.6. The van der Waals surface area contributed by atoms with Crippen molar-refractivity contribution in [2.24, 2.45) is 11.3 Å². The molecule has 1 aliphatic carbocycles. The molecule has 0 spiro atoms. The maximum absolute atomic E-state index is 10.6. The molecule has 0 aromatic rings. The maximum Gasteiger partial charge on any atom is 0.142 e. The van der Waals surface area contributed by atoms with Gasteiger partial charge in [0, 0.05) is 5.41 Å². The van der Waals surface area contributed by atoms with Crippen molar-refractivity contribution >= 4 is 6.29 Å². The number of allylic oxidation sites excluding steroid dienone is 2. The number of carbonyl (C=O) groups is 1. The normalized spacial score (nSPS) is 32.9. The Morgan fingerprint density at radius 2 is 2.33 bits per heavy atom. The van der Waals surface area contributed by atoms with E-state index in [9.17, 15) is 10.1 Å². The molecular formula is C13H19NO. The van der Waals surface area contributed by atoms with Gasteiger partial charge in [-0.05, 0) is 31.8 Å². The molecule has 1 aliphatic rings. The number of aldehydes is 1. The highest BCUT2D eigenvalue weighted by atomic mass is 16.1. The fourth-order valence-electron chi connectivity index (χ4n) is 3.00. The van der Waals surface area contributed by atoms with Crippen molar-refractivity contribution in [3.8, 4) is 6.07 Å². The van der Waals surface area contributed by atoms with Crippen LogP contribution in [0.2, 0.25) is 0 Å². The van der Waals surface area contributed by atoms with Crippen molar-refractivity contribution in [3.63, 3.8) is 0 Å². The predicted octanol–water partition coefficient (Wildman–Crippen LogP) is 3.24. The Balaban J connectivity index is 3.07. The van der Waals surface area contributed by atoms with Crippen molar-refractivity contribution in [1.29, 1.82) is 5.26 Å². The average molecular weight is 205 g/mol. The minimum Gasteiger partial charge on any atom is -0.299 e. The Hall–Kier alpha value is -1.10. The largest absolute Gasteiger partial charge is 0.299 e. The molecule has 0 N–H and O–H groups in total. The molecule has 0 radical (unpaired) electrons. The molecule has 15 heavy (non-hydrogen) atoms. The number of carbonyl (C=O) groups excluding carboxylic acids is 1. The summed E-state index contributed by atoms with van der Waals surface area (Å²) >= 11 is 0.